The summed E-state index contributed by atoms with van der Waals surface area (Å²) in [5.41, 5.74) is 3.38. The van der Waals surface area contributed by atoms with Gasteiger partial charge in [-0.05, 0) is 49.7 Å². The summed E-state index contributed by atoms with van der Waals surface area (Å²) in [6, 6.07) is 13.1. The lowest BCUT2D eigenvalue weighted by Crippen LogP contribution is -2.42. The molecule has 0 aliphatic carbocycles. The summed E-state index contributed by atoms with van der Waals surface area (Å²) < 4.78 is 1.00. The minimum absolute atomic E-state index is 0.0706. The third kappa shape index (κ3) is 3.85. The molecule has 0 spiro atoms. The summed E-state index contributed by atoms with van der Waals surface area (Å²) in [7, 11) is 0. The Morgan fingerprint density at radius 2 is 2.08 bits per heavy atom. The molecule has 1 heterocycles. The van der Waals surface area contributed by atoms with Crippen LogP contribution in [0.1, 0.15) is 18.9 Å². The molecule has 0 aromatic heterocycles. The van der Waals surface area contributed by atoms with Crippen LogP contribution in [0.3, 0.4) is 0 Å². The van der Waals surface area contributed by atoms with Crippen molar-refractivity contribution in [3.05, 3.63) is 52.5 Å². The van der Waals surface area contributed by atoms with Crippen molar-refractivity contribution in [1.82, 2.24) is 0 Å². The smallest absolute Gasteiger partial charge is 0.246 e. The number of para-hydroxylation sites is 2. The molecular weight excluding hydrogens is 382 g/mol. The zero-order valence-corrected chi connectivity index (χ0v) is 15.8. The summed E-state index contributed by atoms with van der Waals surface area (Å²) in [6.07, 6.45) is 0.276. The normalized spacial score (nSPS) is 16.7. The minimum Gasteiger partial charge on any atom is -0.376 e. The molecule has 1 aliphatic rings. The first-order chi connectivity index (χ1) is 12.0. The highest BCUT2D eigenvalue weighted by Gasteiger charge is 2.29. The lowest BCUT2D eigenvalue weighted by atomic mass is 10.1. The second kappa shape index (κ2) is 7.27. The Bertz CT molecular complexity index is 822. The summed E-state index contributed by atoms with van der Waals surface area (Å²) in [5, 5.41) is 6.07. The van der Waals surface area contributed by atoms with Crippen LogP contribution in [0.5, 0.6) is 0 Å². The zero-order chi connectivity index (χ0) is 18.0. The molecule has 1 atom stereocenters. The van der Waals surface area contributed by atoms with E-state index in [0.29, 0.717) is 5.69 Å². The van der Waals surface area contributed by atoms with Crippen LogP contribution in [-0.2, 0) is 9.59 Å². The molecule has 0 saturated carbocycles. The highest BCUT2D eigenvalue weighted by atomic mass is 79.9. The maximum absolute atomic E-state index is 12.9. The predicted molar refractivity (Wildman–Crippen MR) is 104 cm³/mol. The van der Waals surface area contributed by atoms with E-state index in [2.05, 4.69) is 26.6 Å². The van der Waals surface area contributed by atoms with E-state index in [4.69, 9.17) is 0 Å². The van der Waals surface area contributed by atoms with Gasteiger partial charge in [0.1, 0.15) is 0 Å². The van der Waals surface area contributed by atoms with Gasteiger partial charge in [0.25, 0.3) is 0 Å². The SMILES string of the molecule is Cc1cc(Br)ccc1NCC(=O)N1c2ccccc2NC(=O)CC1C. The van der Waals surface area contributed by atoms with Crippen LogP contribution in [0.4, 0.5) is 17.1 Å². The number of rotatable bonds is 3. The fourth-order valence-electron chi connectivity index (χ4n) is 3.05. The van der Waals surface area contributed by atoms with Crippen molar-refractivity contribution < 1.29 is 9.59 Å². The van der Waals surface area contributed by atoms with Crippen molar-refractivity contribution in [3.63, 3.8) is 0 Å². The molecule has 5 nitrogen and oxygen atoms in total. The van der Waals surface area contributed by atoms with Gasteiger partial charge in [-0.25, -0.2) is 0 Å². The second-order valence-electron chi connectivity index (χ2n) is 6.20. The number of aryl methyl sites for hydroxylation is 1. The second-order valence-corrected chi connectivity index (χ2v) is 7.11. The van der Waals surface area contributed by atoms with Gasteiger partial charge in [-0.1, -0.05) is 28.1 Å². The van der Waals surface area contributed by atoms with E-state index in [1.807, 2.05) is 56.3 Å². The molecule has 6 heteroatoms. The molecule has 0 saturated heterocycles. The van der Waals surface area contributed by atoms with Gasteiger partial charge in [-0.15, -0.1) is 0 Å². The Hall–Kier alpha value is -2.34. The lowest BCUT2D eigenvalue weighted by Gasteiger charge is -2.28. The van der Waals surface area contributed by atoms with E-state index in [1.54, 1.807) is 4.90 Å². The number of fused-ring (bicyclic) bond motifs is 1. The van der Waals surface area contributed by atoms with Gasteiger partial charge in [0.2, 0.25) is 11.8 Å². The molecule has 0 bridgehead atoms. The molecule has 3 rings (SSSR count). The number of carbonyl (C=O) groups is 2. The molecule has 1 unspecified atom stereocenters. The Kier molecular flexibility index (Phi) is 5.08. The van der Waals surface area contributed by atoms with Gasteiger partial charge in [0.15, 0.2) is 0 Å². The fraction of sp³-hybridized carbons (Fsp3) is 0.263. The van der Waals surface area contributed by atoms with E-state index in [9.17, 15) is 9.59 Å². The van der Waals surface area contributed by atoms with E-state index in [0.717, 1.165) is 21.4 Å². The Morgan fingerprint density at radius 1 is 1.32 bits per heavy atom. The molecule has 2 N–H and O–H groups in total. The van der Waals surface area contributed by atoms with Crippen LogP contribution in [0.2, 0.25) is 0 Å². The molecule has 130 valence electrons. The van der Waals surface area contributed by atoms with E-state index < -0.39 is 0 Å². The third-order valence-electron chi connectivity index (χ3n) is 4.25. The summed E-state index contributed by atoms with van der Waals surface area (Å²) in [6.45, 7) is 4.05. The van der Waals surface area contributed by atoms with E-state index >= 15 is 0 Å². The van der Waals surface area contributed by atoms with Gasteiger partial charge in [-0.3, -0.25) is 9.59 Å². The average Bonchev–Trinajstić information content (AvgIpc) is 2.68. The van der Waals surface area contributed by atoms with Crippen molar-refractivity contribution in [1.29, 1.82) is 0 Å². The number of nitrogens with one attached hydrogen (secondary N) is 2. The maximum Gasteiger partial charge on any atom is 0.246 e. The summed E-state index contributed by atoms with van der Waals surface area (Å²) in [5.74, 6) is -0.147. The largest absolute Gasteiger partial charge is 0.376 e. The summed E-state index contributed by atoms with van der Waals surface area (Å²) >= 11 is 3.44. The number of halogens is 1. The van der Waals surface area contributed by atoms with Gasteiger partial charge < -0.3 is 15.5 Å². The van der Waals surface area contributed by atoms with Gasteiger partial charge in [-0.2, -0.15) is 0 Å². The van der Waals surface area contributed by atoms with Crippen molar-refractivity contribution >= 4 is 44.8 Å². The van der Waals surface area contributed by atoms with Crippen molar-refractivity contribution in [3.8, 4) is 0 Å². The number of hydrogen-bond acceptors (Lipinski definition) is 3. The molecule has 0 fully saturated rings. The first kappa shape index (κ1) is 17.5. The Balaban J connectivity index is 1.81. The molecule has 2 amide bonds. The monoisotopic (exact) mass is 401 g/mol. The zero-order valence-electron chi connectivity index (χ0n) is 14.2. The number of amides is 2. The van der Waals surface area contributed by atoms with Crippen LogP contribution in [-0.4, -0.2) is 24.4 Å². The number of nitrogens with zero attached hydrogens (tertiary/aromatic N) is 1. The van der Waals surface area contributed by atoms with Crippen LogP contribution < -0.4 is 15.5 Å². The number of hydrogen-bond donors (Lipinski definition) is 2. The molecule has 2 aromatic carbocycles. The van der Waals surface area contributed by atoms with Crippen LogP contribution >= 0.6 is 15.9 Å². The highest BCUT2D eigenvalue weighted by Crippen LogP contribution is 2.31. The van der Waals surface area contributed by atoms with Crippen LogP contribution in [0.25, 0.3) is 0 Å². The minimum atomic E-state index is -0.205. The van der Waals surface area contributed by atoms with Gasteiger partial charge in [0, 0.05) is 22.6 Å². The first-order valence-corrected chi connectivity index (χ1v) is 8.96. The predicted octanol–water partition coefficient (Wildman–Crippen LogP) is 3.93. The molecule has 2 aromatic rings. The number of benzene rings is 2. The van der Waals surface area contributed by atoms with Gasteiger partial charge >= 0.3 is 0 Å². The van der Waals surface area contributed by atoms with Crippen LogP contribution in [0, 0.1) is 6.92 Å². The molecule has 1 aliphatic heterocycles. The molecule has 0 radical (unpaired) electrons. The molecular formula is C19H20BrN3O2. The number of carbonyl (C=O) groups excluding carboxylic acids is 2. The van der Waals surface area contributed by atoms with Crippen molar-refractivity contribution in [2.24, 2.45) is 0 Å². The highest BCUT2D eigenvalue weighted by molar-refractivity contribution is 9.10. The maximum atomic E-state index is 12.9. The molecule has 25 heavy (non-hydrogen) atoms. The lowest BCUT2D eigenvalue weighted by molar-refractivity contribution is -0.118. The van der Waals surface area contributed by atoms with E-state index in [-0.39, 0.29) is 30.8 Å². The van der Waals surface area contributed by atoms with Gasteiger partial charge in [0.05, 0.1) is 17.9 Å². The average molecular weight is 402 g/mol. The quantitative estimate of drug-likeness (QED) is 0.818. The van der Waals surface area contributed by atoms with Crippen molar-refractivity contribution in [2.45, 2.75) is 26.3 Å². The fourth-order valence-corrected chi connectivity index (χ4v) is 3.52. The Morgan fingerprint density at radius 3 is 2.84 bits per heavy atom. The summed E-state index contributed by atoms with van der Waals surface area (Å²) in [4.78, 5) is 26.6. The Labute approximate surface area is 155 Å². The third-order valence-corrected chi connectivity index (χ3v) is 4.74. The first-order valence-electron chi connectivity index (χ1n) is 8.16. The number of anilines is 3. The van der Waals surface area contributed by atoms with Crippen molar-refractivity contribution in [2.75, 3.05) is 22.1 Å². The standard InChI is InChI=1S/C19H20BrN3O2/c1-12-9-14(20)7-8-15(12)21-11-19(25)23-13(2)10-18(24)22-16-5-3-4-6-17(16)23/h3-9,13,21H,10-11H2,1-2H3,(H,22,24). The van der Waals surface area contributed by atoms with Crippen LogP contribution in [0.15, 0.2) is 46.9 Å². The topological polar surface area (TPSA) is 61.4 Å². The van der Waals surface area contributed by atoms with E-state index in [1.165, 1.54) is 0 Å².